The highest BCUT2D eigenvalue weighted by molar-refractivity contribution is 6.03. The molecule has 164 valence electrons. The molecule has 1 aliphatic rings. The Kier molecular flexibility index (Phi) is 7.17. The van der Waals surface area contributed by atoms with Gasteiger partial charge in [-0.1, -0.05) is 19.9 Å². The Morgan fingerprint density at radius 3 is 2.52 bits per heavy atom. The zero-order valence-corrected chi connectivity index (χ0v) is 16.7. The van der Waals surface area contributed by atoms with Gasteiger partial charge in [0.15, 0.2) is 5.82 Å². The molecule has 0 atom stereocenters. The van der Waals surface area contributed by atoms with Crippen molar-refractivity contribution in [2.75, 3.05) is 5.32 Å². The summed E-state index contributed by atoms with van der Waals surface area (Å²) in [6, 6.07) is 5.53. The quantitative estimate of drug-likeness (QED) is 0.663. The van der Waals surface area contributed by atoms with Crippen LogP contribution in [0.4, 0.5) is 18.9 Å². The van der Waals surface area contributed by atoms with Crippen LogP contribution in [-0.2, 0) is 4.79 Å². The van der Waals surface area contributed by atoms with Crippen molar-refractivity contribution in [3.8, 4) is 6.07 Å². The second kappa shape index (κ2) is 9.42. The zero-order valence-electron chi connectivity index (χ0n) is 16.7. The van der Waals surface area contributed by atoms with Crippen molar-refractivity contribution in [3.63, 3.8) is 0 Å². The topological polar surface area (TPSA) is 132 Å². The van der Waals surface area contributed by atoms with E-state index in [0.29, 0.717) is 11.1 Å². The minimum absolute atomic E-state index is 0.111. The van der Waals surface area contributed by atoms with Gasteiger partial charge in [0.2, 0.25) is 0 Å². The Bertz CT molecular complexity index is 1040. The first kappa shape index (κ1) is 23.6. The number of halogens is 3. The number of aliphatic carboxylic acids is 1. The van der Waals surface area contributed by atoms with Gasteiger partial charge in [-0.2, -0.15) is 18.4 Å². The van der Waals surface area contributed by atoms with E-state index in [9.17, 15) is 18.0 Å². The molecule has 2 heterocycles. The summed E-state index contributed by atoms with van der Waals surface area (Å²) in [4.78, 5) is 32.3. The molecule has 0 radical (unpaired) electrons. The fraction of sp³-hybridized carbons (Fsp3) is 0.350. The molecule has 0 saturated heterocycles. The summed E-state index contributed by atoms with van der Waals surface area (Å²) >= 11 is 0. The number of carboxylic acids is 1. The van der Waals surface area contributed by atoms with E-state index in [2.05, 4.69) is 40.2 Å². The molecule has 2 aromatic rings. The summed E-state index contributed by atoms with van der Waals surface area (Å²) in [7, 11) is 0. The van der Waals surface area contributed by atoms with Gasteiger partial charge < -0.3 is 15.4 Å². The van der Waals surface area contributed by atoms with Crippen molar-refractivity contribution < 1.29 is 27.9 Å². The molecule has 0 unspecified atom stereocenters. The van der Waals surface area contributed by atoms with Crippen molar-refractivity contribution in [2.24, 2.45) is 5.41 Å². The zero-order chi connectivity index (χ0) is 23.2. The van der Waals surface area contributed by atoms with E-state index in [0.717, 1.165) is 30.5 Å². The highest BCUT2D eigenvalue weighted by Gasteiger charge is 2.38. The first-order valence-corrected chi connectivity index (χ1v) is 9.14. The molecule has 2 aromatic heterocycles. The third kappa shape index (κ3) is 6.67. The van der Waals surface area contributed by atoms with E-state index in [1.54, 1.807) is 12.3 Å². The number of imidazole rings is 1. The van der Waals surface area contributed by atoms with Crippen molar-refractivity contribution >= 4 is 23.1 Å². The lowest BCUT2D eigenvalue weighted by Crippen LogP contribution is -2.21. The third-order valence-corrected chi connectivity index (χ3v) is 4.49. The van der Waals surface area contributed by atoms with Gasteiger partial charge in [0, 0.05) is 6.20 Å². The van der Waals surface area contributed by atoms with Crippen molar-refractivity contribution in [3.05, 3.63) is 47.8 Å². The van der Waals surface area contributed by atoms with E-state index < -0.39 is 12.1 Å². The van der Waals surface area contributed by atoms with Crippen molar-refractivity contribution in [2.45, 2.75) is 39.3 Å². The number of alkyl halides is 3. The molecule has 31 heavy (non-hydrogen) atoms. The second-order valence-electron chi connectivity index (χ2n) is 7.51. The van der Waals surface area contributed by atoms with Gasteiger partial charge in [-0.05, 0) is 42.4 Å². The Hall–Kier alpha value is -3.68. The SMILES string of the molecule is CC1(C)CC=C(c2ncccc2NC(=O)c2ncc(C#N)[nH]2)CC1.O=C(O)C(F)(F)F. The maximum Gasteiger partial charge on any atom is 0.490 e. The monoisotopic (exact) mass is 435 g/mol. The molecule has 1 amide bonds. The molecule has 3 N–H and O–H groups in total. The van der Waals surface area contributed by atoms with Gasteiger partial charge in [0.25, 0.3) is 5.91 Å². The molecule has 8 nitrogen and oxygen atoms in total. The van der Waals surface area contributed by atoms with Gasteiger partial charge in [0.05, 0.1) is 17.6 Å². The molecule has 0 bridgehead atoms. The van der Waals surface area contributed by atoms with Crippen LogP contribution in [0.3, 0.4) is 0 Å². The van der Waals surface area contributed by atoms with Crippen molar-refractivity contribution in [1.29, 1.82) is 5.26 Å². The van der Waals surface area contributed by atoms with Crippen LogP contribution in [-0.4, -0.2) is 38.1 Å². The van der Waals surface area contributed by atoms with Gasteiger partial charge in [-0.15, -0.1) is 0 Å². The number of H-pyrrole nitrogens is 1. The summed E-state index contributed by atoms with van der Waals surface area (Å²) in [5.74, 6) is -3.03. The molecule has 0 spiro atoms. The van der Waals surface area contributed by atoms with E-state index in [4.69, 9.17) is 15.2 Å². The van der Waals surface area contributed by atoms with E-state index >= 15 is 0 Å². The van der Waals surface area contributed by atoms with Gasteiger partial charge in [-0.25, -0.2) is 9.78 Å². The Morgan fingerprint density at radius 1 is 1.32 bits per heavy atom. The minimum atomic E-state index is -5.08. The van der Waals surface area contributed by atoms with Gasteiger partial charge in [-0.3, -0.25) is 9.78 Å². The number of carbonyl (C=O) groups excluding carboxylic acids is 1. The number of carboxylic acid groups (broad SMARTS) is 1. The highest BCUT2D eigenvalue weighted by atomic mass is 19.4. The van der Waals surface area contributed by atoms with E-state index in [-0.39, 0.29) is 17.4 Å². The van der Waals surface area contributed by atoms with Crippen LogP contribution in [0.5, 0.6) is 0 Å². The molecule has 0 aliphatic heterocycles. The van der Waals surface area contributed by atoms with Gasteiger partial charge >= 0.3 is 12.1 Å². The van der Waals surface area contributed by atoms with Crippen molar-refractivity contribution in [1.82, 2.24) is 15.0 Å². The maximum absolute atomic E-state index is 12.3. The van der Waals surface area contributed by atoms with Crippen LogP contribution in [0, 0.1) is 16.7 Å². The average molecular weight is 435 g/mol. The molecule has 1 aliphatic carbocycles. The number of amides is 1. The largest absolute Gasteiger partial charge is 0.490 e. The smallest absolute Gasteiger partial charge is 0.475 e. The number of pyridine rings is 1. The number of nitriles is 1. The molecule has 0 aromatic carbocycles. The van der Waals surface area contributed by atoms with E-state index in [1.165, 1.54) is 6.20 Å². The third-order valence-electron chi connectivity index (χ3n) is 4.49. The van der Waals surface area contributed by atoms with Crippen LogP contribution >= 0.6 is 0 Å². The number of hydrogen-bond acceptors (Lipinski definition) is 5. The average Bonchev–Trinajstić information content (AvgIpc) is 3.18. The summed E-state index contributed by atoms with van der Waals surface area (Å²) in [5.41, 5.74) is 3.17. The minimum Gasteiger partial charge on any atom is -0.475 e. The van der Waals surface area contributed by atoms with Crippen LogP contribution in [0.25, 0.3) is 5.57 Å². The molecule has 3 rings (SSSR count). The Balaban J connectivity index is 0.000000423. The number of anilines is 1. The molecule has 11 heteroatoms. The van der Waals surface area contributed by atoms with E-state index in [1.807, 2.05) is 12.1 Å². The number of rotatable bonds is 3. The Morgan fingerprint density at radius 2 is 2.00 bits per heavy atom. The molecular weight excluding hydrogens is 415 g/mol. The number of nitrogens with zero attached hydrogens (tertiary/aromatic N) is 3. The molecular formula is C20H20F3N5O3. The first-order valence-electron chi connectivity index (χ1n) is 9.14. The van der Waals surface area contributed by atoms with Crippen LogP contribution < -0.4 is 5.32 Å². The summed E-state index contributed by atoms with van der Waals surface area (Å²) in [5, 5.41) is 18.8. The first-order chi connectivity index (χ1) is 14.4. The standard InChI is InChI=1S/C18H19N5O.C2HF3O2/c1-18(2)7-5-12(6-8-18)15-14(4-3-9-20-15)23-17(24)16-21-11-13(10-19)22-16;3-2(4,5)1(6)7/h3-5,9,11H,6-8H2,1-2H3,(H,21,22)(H,23,24);(H,6,7). The fourth-order valence-corrected chi connectivity index (χ4v) is 2.73. The predicted molar refractivity (Wildman–Crippen MR) is 105 cm³/mol. The number of aromatic amines is 1. The number of hydrogen-bond donors (Lipinski definition) is 3. The predicted octanol–water partition coefficient (Wildman–Crippen LogP) is 4.16. The lowest BCUT2D eigenvalue weighted by Gasteiger charge is -2.28. The number of nitrogens with one attached hydrogen (secondary N) is 2. The highest BCUT2D eigenvalue weighted by Crippen LogP contribution is 2.39. The number of allylic oxidation sites excluding steroid dienone is 2. The van der Waals surface area contributed by atoms with Crippen LogP contribution in [0.15, 0.2) is 30.6 Å². The van der Waals surface area contributed by atoms with Gasteiger partial charge in [0.1, 0.15) is 11.8 Å². The summed E-state index contributed by atoms with van der Waals surface area (Å²) in [6.45, 7) is 4.51. The lowest BCUT2D eigenvalue weighted by atomic mass is 9.77. The normalized spacial score (nSPS) is 15.0. The molecule has 0 fully saturated rings. The second-order valence-corrected chi connectivity index (χ2v) is 7.51. The summed E-state index contributed by atoms with van der Waals surface area (Å²) < 4.78 is 31.7. The van der Waals surface area contributed by atoms with Crippen LogP contribution in [0.2, 0.25) is 0 Å². The fourth-order valence-electron chi connectivity index (χ4n) is 2.73. The molecule has 0 saturated carbocycles. The van der Waals surface area contributed by atoms with Crippen LogP contribution in [0.1, 0.15) is 55.1 Å². The number of aromatic nitrogens is 3. The Labute approximate surface area is 175 Å². The number of carbonyl (C=O) groups is 2. The lowest BCUT2D eigenvalue weighted by molar-refractivity contribution is -0.192. The maximum atomic E-state index is 12.3. The summed E-state index contributed by atoms with van der Waals surface area (Å²) in [6.07, 6.45) is 3.22.